The lowest BCUT2D eigenvalue weighted by molar-refractivity contribution is -0.226. The Hall–Kier alpha value is -2.54. The summed E-state index contributed by atoms with van der Waals surface area (Å²) in [4.78, 5) is 0. The highest BCUT2D eigenvalue weighted by Crippen LogP contribution is 2.43. The maximum Gasteiger partial charge on any atom is 0.190 e. The predicted molar refractivity (Wildman–Crippen MR) is 157 cm³/mol. The molecule has 3 aromatic rings. The van der Waals surface area contributed by atoms with E-state index in [1.807, 2.05) is 32.0 Å². The summed E-state index contributed by atoms with van der Waals surface area (Å²) in [6, 6.07) is 31.3. The van der Waals surface area contributed by atoms with Crippen molar-refractivity contribution < 1.29 is 23.7 Å². The molecule has 2 aliphatic rings. The molecule has 214 valence electrons. The van der Waals surface area contributed by atoms with Gasteiger partial charge in [0.1, 0.15) is 23.9 Å². The van der Waals surface area contributed by atoms with Crippen molar-refractivity contribution in [3.8, 4) is 0 Å². The van der Waals surface area contributed by atoms with Gasteiger partial charge in [0, 0.05) is 6.61 Å². The first-order valence-corrected chi connectivity index (χ1v) is 15.0. The minimum absolute atomic E-state index is 0.276. The van der Waals surface area contributed by atoms with Crippen LogP contribution in [0.3, 0.4) is 0 Å². The Morgan fingerprint density at radius 3 is 1.77 bits per heavy atom. The molecule has 5 nitrogen and oxygen atoms in total. The zero-order valence-corrected chi connectivity index (χ0v) is 24.2. The number of hydrogen-bond acceptors (Lipinski definition) is 5. The molecule has 0 aliphatic carbocycles. The van der Waals surface area contributed by atoms with Gasteiger partial charge in [0.05, 0.1) is 6.61 Å². The molecule has 2 saturated heterocycles. The highest BCUT2D eigenvalue weighted by atomic mass is 16.8. The molecule has 0 amide bonds. The molecule has 3 aromatic carbocycles. The maximum absolute atomic E-state index is 7.08. The van der Waals surface area contributed by atoms with Crippen LogP contribution in [-0.4, -0.2) is 43.6 Å². The molecule has 0 bridgehead atoms. The van der Waals surface area contributed by atoms with E-state index < -0.39 is 17.7 Å². The van der Waals surface area contributed by atoms with Crippen LogP contribution in [0.5, 0.6) is 0 Å². The van der Waals surface area contributed by atoms with E-state index >= 15 is 0 Å². The van der Waals surface area contributed by atoms with Crippen LogP contribution in [0.15, 0.2) is 91.0 Å². The maximum atomic E-state index is 7.08. The van der Waals surface area contributed by atoms with Gasteiger partial charge in [-0.3, -0.25) is 0 Å². The van der Waals surface area contributed by atoms with Crippen molar-refractivity contribution in [2.75, 3.05) is 13.2 Å². The van der Waals surface area contributed by atoms with Crippen LogP contribution in [0.4, 0.5) is 0 Å². The third kappa shape index (κ3) is 6.50. The minimum atomic E-state index is -0.824. The molecular formula is C35H44O5. The first-order chi connectivity index (χ1) is 19.5. The monoisotopic (exact) mass is 544 g/mol. The van der Waals surface area contributed by atoms with Crippen molar-refractivity contribution in [2.24, 2.45) is 0 Å². The van der Waals surface area contributed by atoms with Crippen molar-refractivity contribution >= 4 is 0 Å². The van der Waals surface area contributed by atoms with E-state index in [1.54, 1.807) is 0 Å². The number of fused-ring (bicyclic) bond motifs is 1. The van der Waals surface area contributed by atoms with Crippen molar-refractivity contribution in [3.63, 3.8) is 0 Å². The Bertz CT molecular complexity index is 1050. The van der Waals surface area contributed by atoms with E-state index in [-0.39, 0.29) is 18.3 Å². The molecule has 40 heavy (non-hydrogen) atoms. The number of ether oxygens (including phenoxy) is 5. The van der Waals surface area contributed by atoms with Gasteiger partial charge in [-0.25, -0.2) is 0 Å². The summed E-state index contributed by atoms with van der Waals surface area (Å²) < 4.78 is 32.4. The summed E-state index contributed by atoms with van der Waals surface area (Å²) in [5, 5.41) is 0. The lowest BCUT2D eigenvalue weighted by Gasteiger charge is -2.37. The summed E-state index contributed by atoms with van der Waals surface area (Å²) in [6.07, 6.45) is 5.91. The Labute approximate surface area is 239 Å². The highest BCUT2D eigenvalue weighted by molar-refractivity contribution is 5.47. The minimum Gasteiger partial charge on any atom is -0.372 e. The van der Waals surface area contributed by atoms with Gasteiger partial charge in [0.2, 0.25) is 0 Å². The molecule has 1 unspecified atom stereocenters. The van der Waals surface area contributed by atoms with E-state index in [0.29, 0.717) is 13.2 Å². The third-order valence-corrected chi connectivity index (χ3v) is 7.90. The SMILES string of the molecule is CCCCCCCCO[C@H]1[C@@H](COC(c2ccccc2)(c2ccccc2)c2ccccc2)OC2OC(C)(C)O[C@@H]21. The summed E-state index contributed by atoms with van der Waals surface area (Å²) in [6.45, 7) is 7.09. The third-order valence-electron chi connectivity index (χ3n) is 7.90. The van der Waals surface area contributed by atoms with Crippen molar-refractivity contribution in [3.05, 3.63) is 108 Å². The Balaban J connectivity index is 1.39. The molecular weight excluding hydrogens is 500 g/mol. The second-order valence-electron chi connectivity index (χ2n) is 11.3. The van der Waals surface area contributed by atoms with Gasteiger partial charge in [0.25, 0.3) is 0 Å². The van der Waals surface area contributed by atoms with Gasteiger partial charge in [-0.15, -0.1) is 0 Å². The largest absolute Gasteiger partial charge is 0.372 e. The van der Waals surface area contributed by atoms with Gasteiger partial charge in [-0.05, 0) is 37.0 Å². The normalized spacial score (nSPS) is 23.8. The summed E-state index contributed by atoms with van der Waals surface area (Å²) in [7, 11) is 0. The highest BCUT2D eigenvalue weighted by Gasteiger charge is 2.56. The van der Waals surface area contributed by atoms with Crippen molar-refractivity contribution in [2.45, 2.75) is 95.3 Å². The molecule has 5 heteroatoms. The molecule has 0 aromatic heterocycles. The van der Waals surface area contributed by atoms with Crippen LogP contribution in [0.1, 0.15) is 76.0 Å². The van der Waals surface area contributed by atoms with Crippen LogP contribution >= 0.6 is 0 Å². The molecule has 4 atom stereocenters. The zero-order chi connectivity index (χ0) is 27.8. The second kappa shape index (κ2) is 13.4. The summed E-state index contributed by atoms with van der Waals surface area (Å²) in [5.41, 5.74) is 2.35. The summed E-state index contributed by atoms with van der Waals surface area (Å²) in [5.74, 6) is -0.704. The smallest absolute Gasteiger partial charge is 0.190 e. The molecule has 0 spiro atoms. The van der Waals surface area contributed by atoms with Crippen LogP contribution < -0.4 is 0 Å². The Morgan fingerprint density at radius 1 is 0.700 bits per heavy atom. The van der Waals surface area contributed by atoms with E-state index in [2.05, 4.69) is 79.7 Å². The van der Waals surface area contributed by atoms with Gasteiger partial charge >= 0.3 is 0 Å². The van der Waals surface area contributed by atoms with Gasteiger partial charge in [0.15, 0.2) is 12.1 Å². The molecule has 0 radical (unpaired) electrons. The van der Waals surface area contributed by atoms with Crippen molar-refractivity contribution in [1.82, 2.24) is 0 Å². The number of unbranched alkanes of at least 4 members (excludes halogenated alkanes) is 5. The summed E-state index contributed by atoms with van der Waals surface area (Å²) >= 11 is 0. The molecule has 0 N–H and O–H groups in total. The average molecular weight is 545 g/mol. The number of hydrogen-bond donors (Lipinski definition) is 0. The average Bonchev–Trinajstić information content (AvgIpc) is 3.45. The van der Waals surface area contributed by atoms with E-state index in [1.165, 1.54) is 32.1 Å². The fraction of sp³-hybridized carbons (Fsp3) is 0.486. The van der Waals surface area contributed by atoms with Gasteiger partial charge < -0.3 is 23.7 Å². The topological polar surface area (TPSA) is 46.2 Å². The van der Waals surface area contributed by atoms with Gasteiger partial charge in [-0.2, -0.15) is 0 Å². The van der Waals surface area contributed by atoms with Crippen LogP contribution in [0.2, 0.25) is 0 Å². The zero-order valence-electron chi connectivity index (χ0n) is 24.2. The second-order valence-corrected chi connectivity index (χ2v) is 11.3. The fourth-order valence-corrected chi connectivity index (χ4v) is 5.96. The molecule has 2 heterocycles. The van der Waals surface area contributed by atoms with Crippen molar-refractivity contribution in [1.29, 1.82) is 0 Å². The van der Waals surface area contributed by atoms with E-state index in [9.17, 15) is 0 Å². The predicted octanol–water partition coefficient (Wildman–Crippen LogP) is 7.62. The van der Waals surface area contributed by atoms with Crippen LogP contribution in [-0.2, 0) is 29.3 Å². The Kier molecular flexibility index (Phi) is 9.72. The molecule has 0 saturated carbocycles. The standard InChI is InChI=1S/C35H44O5/c1-4-5-6-7-8-18-25-36-31-30(38-33-32(31)39-34(2,3)40-33)26-37-35(27-19-12-9-13-20-27,28-21-14-10-15-22-28)29-23-16-11-17-24-29/h9-17,19-24,30-33H,4-8,18,25-26H2,1-3H3/t30-,31+,32-,33?/m1/s1. The number of benzene rings is 3. The van der Waals surface area contributed by atoms with Crippen LogP contribution in [0, 0.1) is 0 Å². The lowest BCUT2D eigenvalue weighted by Crippen LogP contribution is -2.42. The lowest BCUT2D eigenvalue weighted by atomic mass is 9.80. The first-order valence-electron chi connectivity index (χ1n) is 15.0. The van der Waals surface area contributed by atoms with Gasteiger partial charge in [-0.1, -0.05) is 130 Å². The Morgan fingerprint density at radius 2 is 1.23 bits per heavy atom. The fourth-order valence-electron chi connectivity index (χ4n) is 5.96. The number of rotatable bonds is 14. The molecule has 2 aliphatic heterocycles. The quantitative estimate of drug-likeness (QED) is 0.154. The van der Waals surface area contributed by atoms with E-state index in [4.69, 9.17) is 23.7 Å². The van der Waals surface area contributed by atoms with E-state index in [0.717, 1.165) is 23.1 Å². The molecule has 5 rings (SSSR count). The van der Waals surface area contributed by atoms with Crippen LogP contribution in [0.25, 0.3) is 0 Å². The first kappa shape index (κ1) is 29.0. The molecule has 2 fully saturated rings.